The van der Waals surface area contributed by atoms with Crippen molar-refractivity contribution in [3.63, 3.8) is 0 Å². The molecule has 102 valence electrons. The van der Waals surface area contributed by atoms with E-state index in [1.807, 2.05) is 37.0 Å². The maximum absolute atomic E-state index is 12.1. The minimum atomic E-state index is 0.0871. The van der Waals surface area contributed by atoms with E-state index in [4.69, 9.17) is 0 Å². The first-order chi connectivity index (χ1) is 9.10. The summed E-state index contributed by atoms with van der Waals surface area (Å²) in [5.74, 6) is 0.0871. The minimum absolute atomic E-state index is 0.0871. The van der Waals surface area contributed by atoms with Crippen LogP contribution >= 0.6 is 0 Å². The fourth-order valence-corrected chi connectivity index (χ4v) is 2.18. The molecule has 4 nitrogen and oxygen atoms in total. The molecular formula is C15H21N3O. The van der Waals surface area contributed by atoms with E-state index < -0.39 is 0 Å². The van der Waals surface area contributed by atoms with E-state index in [1.165, 1.54) is 11.1 Å². The molecule has 1 aromatic carbocycles. The largest absolute Gasteiger partial charge is 0.388 e. The number of carbonyl (C=O) groups excluding carboxylic acids is 1. The van der Waals surface area contributed by atoms with Crippen molar-refractivity contribution in [1.82, 2.24) is 9.80 Å². The predicted molar refractivity (Wildman–Crippen MR) is 77.9 cm³/mol. The lowest BCUT2D eigenvalue weighted by atomic mass is 10.1. The quantitative estimate of drug-likeness (QED) is 0.836. The van der Waals surface area contributed by atoms with Gasteiger partial charge in [-0.1, -0.05) is 12.1 Å². The van der Waals surface area contributed by atoms with Crippen molar-refractivity contribution in [3.8, 4) is 0 Å². The van der Waals surface area contributed by atoms with Crippen molar-refractivity contribution in [2.24, 2.45) is 0 Å². The summed E-state index contributed by atoms with van der Waals surface area (Å²) in [5, 5.41) is 3.12. The first-order valence-corrected chi connectivity index (χ1v) is 6.50. The van der Waals surface area contributed by atoms with Crippen molar-refractivity contribution in [1.29, 1.82) is 0 Å². The second-order valence-corrected chi connectivity index (χ2v) is 5.09. The van der Waals surface area contributed by atoms with Gasteiger partial charge in [-0.15, -0.1) is 0 Å². The monoisotopic (exact) mass is 259 g/mol. The van der Waals surface area contributed by atoms with Crippen LogP contribution in [0.5, 0.6) is 0 Å². The normalized spacial score (nSPS) is 14.2. The lowest BCUT2D eigenvalue weighted by molar-refractivity contribution is -0.126. The van der Waals surface area contributed by atoms with Gasteiger partial charge in [0.2, 0.25) is 5.91 Å². The Kier molecular flexibility index (Phi) is 4.22. The molecule has 0 bridgehead atoms. The number of rotatable bonds is 4. The Morgan fingerprint density at radius 2 is 2.11 bits per heavy atom. The van der Waals surface area contributed by atoms with Crippen LogP contribution in [0.15, 0.2) is 30.4 Å². The highest BCUT2D eigenvalue weighted by Gasteiger charge is 2.21. The van der Waals surface area contributed by atoms with Crippen molar-refractivity contribution in [2.75, 3.05) is 33.0 Å². The average molecular weight is 259 g/mol. The minimum Gasteiger partial charge on any atom is -0.388 e. The first kappa shape index (κ1) is 13.6. The molecule has 1 amide bonds. The predicted octanol–water partition coefficient (Wildman–Crippen LogP) is 1.69. The van der Waals surface area contributed by atoms with Gasteiger partial charge in [0, 0.05) is 38.4 Å². The summed E-state index contributed by atoms with van der Waals surface area (Å²) in [4.78, 5) is 16.0. The van der Waals surface area contributed by atoms with Crippen LogP contribution in [0.2, 0.25) is 0 Å². The molecule has 1 N–H and O–H groups in total. The molecule has 0 spiro atoms. The zero-order valence-corrected chi connectivity index (χ0v) is 11.8. The molecule has 0 saturated carbocycles. The van der Waals surface area contributed by atoms with Crippen LogP contribution in [0.25, 0.3) is 0 Å². The number of nitrogens with one attached hydrogen (secondary N) is 1. The fraction of sp³-hybridized carbons (Fsp3) is 0.400. The van der Waals surface area contributed by atoms with Gasteiger partial charge in [-0.2, -0.15) is 0 Å². The third kappa shape index (κ3) is 3.35. The molecular weight excluding hydrogens is 238 g/mol. The Balaban J connectivity index is 1.99. The van der Waals surface area contributed by atoms with Crippen LogP contribution in [0.3, 0.4) is 0 Å². The molecule has 1 aromatic rings. The van der Waals surface area contributed by atoms with Gasteiger partial charge in [0.05, 0.1) is 0 Å². The second-order valence-electron chi connectivity index (χ2n) is 5.09. The molecule has 1 aliphatic rings. The molecule has 0 radical (unpaired) electrons. The number of carbonyl (C=O) groups is 1. The van der Waals surface area contributed by atoms with Gasteiger partial charge in [0.1, 0.15) is 0 Å². The van der Waals surface area contributed by atoms with Crippen LogP contribution in [0, 0.1) is 0 Å². The third-order valence-corrected chi connectivity index (χ3v) is 3.26. The molecule has 0 saturated heterocycles. The summed E-state index contributed by atoms with van der Waals surface area (Å²) in [7, 11) is 5.88. The lowest BCUT2D eigenvalue weighted by Gasteiger charge is -2.12. The molecule has 0 unspecified atom stereocenters. The Morgan fingerprint density at radius 1 is 1.37 bits per heavy atom. The van der Waals surface area contributed by atoms with E-state index in [1.54, 1.807) is 6.08 Å². The number of benzene rings is 1. The van der Waals surface area contributed by atoms with E-state index in [0.717, 1.165) is 12.2 Å². The molecule has 1 heterocycles. The summed E-state index contributed by atoms with van der Waals surface area (Å²) in [6, 6.07) is 6.26. The van der Waals surface area contributed by atoms with Gasteiger partial charge >= 0.3 is 0 Å². The average Bonchev–Trinajstić information content (AvgIpc) is 2.80. The van der Waals surface area contributed by atoms with Crippen LogP contribution in [-0.4, -0.2) is 43.4 Å². The molecule has 0 aromatic heterocycles. The van der Waals surface area contributed by atoms with E-state index in [-0.39, 0.29) is 5.91 Å². The topological polar surface area (TPSA) is 35.6 Å². The molecule has 19 heavy (non-hydrogen) atoms. The first-order valence-electron chi connectivity index (χ1n) is 6.50. The highest BCUT2D eigenvalue weighted by molar-refractivity contribution is 5.88. The standard InChI is InChI=1S/C15H21N3O/c1-16-14-7-6-12-10-18(11-13(12)9-14)15(19)5-4-8-17(2)3/h4-7,9,16H,8,10-11H2,1-3H3/b5-4+. The van der Waals surface area contributed by atoms with Crippen LogP contribution in [0.1, 0.15) is 11.1 Å². The highest BCUT2D eigenvalue weighted by atomic mass is 16.2. The Morgan fingerprint density at radius 3 is 2.79 bits per heavy atom. The van der Waals surface area contributed by atoms with Gasteiger partial charge in [-0.05, 0) is 37.4 Å². The SMILES string of the molecule is CNc1ccc2c(c1)CN(C(=O)/C=C/CN(C)C)C2. The van der Waals surface area contributed by atoms with Crippen molar-refractivity contribution in [2.45, 2.75) is 13.1 Å². The van der Waals surface area contributed by atoms with E-state index >= 15 is 0 Å². The Bertz CT molecular complexity index is 494. The maximum Gasteiger partial charge on any atom is 0.246 e. The molecule has 2 rings (SSSR count). The number of hydrogen-bond donors (Lipinski definition) is 1. The summed E-state index contributed by atoms with van der Waals surface area (Å²) >= 11 is 0. The number of fused-ring (bicyclic) bond motifs is 1. The van der Waals surface area contributed by atoms with Gasteiger partial charge in [-0.3, -0.25) is 4.79 Å². The summed E-state index contributed by atoms with van der Waals surface area (Å²) in [6.45, 7) is 2.21. The molecule has 4 heteroatoms. The number of likely N-dealkylation sites (N-methyl/N-ethyl adjacent to an activating group) is 1. The van der Waals surface area contributed by atoms with Crippen LogP contribution in [0.4, 0.5) is 5.69 Å². The van der Waals surface area contributed by atoms with Gasteiger partial charge < -0.3 is 15.1 Å². The Hall–Kier alpha value is -1.81. The smallest absolute Gasteiger partial charge is 0.246 e. The van der Waals surface area contributed by atoms with E-state index in [9.17, 15) is 4.79 Å². The molecule has 0 aliphatic carbocycles. The van der Waals surface area contributed by atoms with E-state index in [2.05, 4.69) is 23.5 Å². The molecule has 0 fully saturated rings. The van der Waals surface area contributed by atoms with Crippen molar-refractivity contribution in [3.05, 3.63) is 41.5 Å². The second kappa shape index (κ2) is 5.89. The van der Waals surface area contributed by atoms with Gasteiger partial charge in [0.15, 0.2) is 0 Å². The lowest BCUT2D eigenvalue weighted by Crippen LogP contribution is -2.23. The summed E-state index contributed by atoms with van der Waals surface area (Å²) in [6.07, 6.45) is 3.58. The van der Waals surface area contributed by atoms with Gasteiger partial charge in [0.25, 0.3) is 0 Å². The van der Waals surface area contributed by atoms with E-state index in [0.29, 0.717) is 13.1 Å². The third-order valence-electron chi connectivity index (χ3n) is 3.26. The fourth-order valence-electron chi connectivity index (χ4n) is 2.18. The number of anilines is 1. The molecule has 0 atom stereocenters. The Labute approximate surface area is 114 Å². The van der Waals surface area contributed by atoms with Crippen LogP contribution < -0.4 is 5.32 Å². The highest BCUT2D eigenvalue weighted by Crippen LogP contribution is 2.25. The van der Waals surface area contributed by atoms with Crippen molar-refractivity contribution < 1.29 is 4.79 Å². The maximum atomic E-state index is 12.1. The zero-order chi connectivity index (χ0) is 13.8. The summed E-state index contributed by atoms with van der Waals surface area (Å²) in [5.41, 5.74) is 3.57. The zero-order valence-electron chi connectivity index (χ0n) is 11.8. The van der Waals surface area contributed by atoms with Crippen molar-refractivity contribution >= 4 is 11.6 Å². The number of nitrogens with zero attached hydrogens (tertiary/aromatic N) is 2. The number of hydrogen-bond acceptors (Lipinski definition) is 3. The summed E-state index contributed by atoms with van der Waals surface area (Å²) < 4.78 is 0. The number of amides is 1. The van der Waals surface area contributed by atoms with Gasteiger partial charge in [-0.25, -0.2) is 0 Å². The van der Waals surface area contributed by atoms with Crippen LogP contribution in [-0.2, 0) is 17.9 Å². The molecule has 1 aliphatic heterocycles.